The van der Waals surface area contributed by atoms with E-state index < -0.39 is 0 Å². The minimum atomic E-state index is -0.262. The monoisotopic (exact) mass is 247 g/mol. The van der Waals surface area contributed by atoms with Gasteiger partial charge in [0.1, 0.15) is 23.8 Å². The zero-order valence-corrected chi connectivity index (χ0v) is 9.97. The number of rotatable bonds is 4. The van der Waals surface area contributed by atoms with Gasteiger partial charge in [-0.15, -0.1) is 0 Å². The summed E-state index contributed by atoms with van der Waals surface area (Å²) < 4.78 is 12.9. The van der Waals surface area contributed by atoms with Gasteiger partial charge < -0.3 is 10.3 Å². The van der Waals surface area contributed by atoms with Crippen molar-refractivity contribution < 1.29 is 4.39 Å². The molecule has 0 fully saturated rings. The van der Waals surface area contributed by atoms with Crippen molar-refractivity contribution in [3.05, 3.63) is 42.5 Å². The number of nitrogen functional groups attached to an aromatic ring is 1. The second kappa shape index (κ2) is 5.42. The molecule has 5 nitrogen and oxygen atoms in total. The zero-order valence-electron chi connectivity index (χ0n) is 9.97. The minimum absolute atomic E-state index is 0.262. The van der Waals surface area contributed by atoms with Crippen LogP contribution < -0.4 is 16.2 Å². The Morgan fingerprint density at radius 1 is 1.28 bits per heavy atom. The van der Waals surface area contributed by atoms with Crippen molar-refractivity contribution in [1.82, 2.24) is 9.97 Å². The molecule has 0 amide bonds. The molecule has 0 aliphatic carbocycles. The molecular formula is C12H14FN5. The van der Waals surface area contributed by atoms with Gasteiger partial charge >= 0.3 is 0 Å². The van der Waals surface area contributed by atoms with Crippen LogP contribution in [0.15, 0.2) is 36.7 Å². The summed E-state index contributed by atoms with van der Waals surface area (Å²) in [4.78, 5) is 10.1. The molecule has 0 bridgehead atoms. The Morgan fingerprint density at radius 3 is 2.61 bits per heavy atom. The summed E-state index contributed by atoms with van der Waals surface area (Å²) >= 11 is 0. The summed E-state index contributed by atoms with van der Waals surface area (Å²) in [6, 6.07) is 7.97. The van der Waals surface area contributed by atoms with Crippen LogP contribution in [-0.2, 0) is 0 Å². The molecule has 94 valence electrons. The summed E-state index contributed by atoms with van der Waals surface area (Å²) in [5, 5.41) is 0. The minimum Gasteiger partial charge on any atom is -0.326 e. The van der Waals surface area contributed by atoms with Gasteiger partial charge in [0.15, 0.2) is 0 Å². The van der Waals surface area contributed by atoms with Crippen LogP contribution in [-0.4, -0.2) is 16.5 Å². The highest BCUT2D eigenvalue weighted by Crippen LogP contribution is 2.24. The van der Waals surface area contributed by atoms with Crippen molar-refractivity contribution in [3.8, 4) is 0 Å². The highest BCUT2D eigenvalue weighted by atomic mass is 19.1. The molecule has 0 saturated heterocycles. The first kappa shape index (κ1) is 12.3. The lowest BCUT2D eigenvalue weighted by Crippen LogP contribution is -2.18. The summed E-state index contributed by atoms with van der Waals surface area (Å²) in [6.45, 7) is 2.69. The lowest BCUT2D eigenvalue weighted by Gasteiger charge is -2.22. The fourth-order valence-corrected chi connectivity index (χ4v) is 1.67. The van der Waals surface area contributed by atoms with E-state index >= 15 is 0 Å². The first-order valence-electron chi connectivity index (χ1n) is 5.56. The van der Waals surface area contributed by atoms with E-state index in [-0.39, 0.29) is 5.82 Å². The lowest BCUT2D eigenvalue weighted by atomic mass is 10.2. The number of hydrogen-bond donors (Lipinski definition) is 2. The van der Waals surface area contributed by atoms with Crippen LogP contribution in [0.5, 0.6) is 0 Å². The van der Waals surface area contributed by atoms with E-state index in [2.05, 4.69) is 15.4 Å². The maximum Gasteiger partial charge on any atom is 0.145 e. The Morgan fingerprint density at radius 2 is 2.00 bits per heavy atom. The molecule has 0 spiro atoms. The summed E-state index contributed by atoms with van der Waals surface area (Å²) in [7, 11) is 0. The van der Waals surface area contributed by atoms with Crippen LogP contribution in [0.2, 0.25) is 0 Å². The van der Waals surface area contributed by atoms with E-state index in [0.29, 0.717) is 18.2 Å². The highest BCUT2D eigenvalue weighted by molar-refractivity contribution is 5.61. The van der Waals surface area contributed by atoms with Gasteiger partial charge in [-0.25, -0.2) is 20.2 Å². The van der Waals surface area contributed by atoms with Crippen LogP contribution >= 0.6 is 0 Å². The molecule has 2 rings (SSSR count). The molecule has 0 aliphatic rings. The van der Waals surface area contributed by atoms with E-state index in [4.69, 9.17) is 5.84 Å². The van der Waals surface area contributed by atoms with Gasteiger partial charge in [-0.05, 0) is 31.2 Å². The Kier molecular flexibility index (Phi) is 3.69. The second-order valence-electron chi connectivity index (χ2n) is 3.63. The van der Waals surface area contributed by atoms with Gasteiger partial charge in [0.2, 0.25) is 0 Å². The summed E-state index contributed by atoms with van der Waals surface area (Å²) in [5.74, 6) is 6.28. The van der Waals surface area contributed by atoms with Crippen LogP contribution in [0.25, 0.3) is 0 Å². The van der Waals surface area contributed by atoms with Crippen LogP contribution in [0.1, 0.15) is 6.92 Å². The number of benzene rings is 1. The molecule has 18 heavy (non-hydrogen) atoms. The average Bonchev–Trinajstić information content (AvgIpc) is 2.42. The van der Waals surface area contributed by atoms with Crippen molar-refractivity contribution in [3.63, 3.8) is 0 Å². The third-order valence-corrected chi connectivity index (χ3v) is 2.53. The number of halogens is 1. The number of nitrogens with zero attached hydrogens (tertiary/aromatic N) is 3. The SMILES string of the molecule is CCN(c1ccc(F)cc1)c1cc(NN)ncn1. The van der Waals surface area contributed by atoms with Gasteiger partial charge in [-0.1, -0.05) is 0 Å². The van der Waals surface area contributed by atoms with E-state index in [9.17, 15) is 4.39 Å². The third kappa shape index (κ3) is 2.54. The van der Waals surface area contributed by atoms with E-state index in [1.807, 2.05) is 11.8 Å². The predicted molar refractivity (Wildman–Crippen MR) is 68.9 cm³/mol. The molecule has 1 heterocycles. The Balaban J connectivity index is 2.35. The van der Waals surface area contributed by atoms with Gasteiger partial charge in [0, 0.05) is 18.3 Å². The molecule has 0 unspecified atom stereocenters. The molecule has 6 heteroatoms. The average molecular weight is 247 g/mol. The molecule has 0 saturated carbocycles. The largest absolute Gasteiger partial charge is 0.326 e. The maximum atomic E-state index is 12.9. The fourth-order valence-electron chi connectivity index (χ4n) is 1.67. The molecule has 0 atom stereocenters. The first-order valence-corrected chi connectivity index (χ1v) is 5.56. The molecule has 3 N–H and O–H groups in total. The predicted octanol–water partition coefficient (Wildman–Crippen LogP) is 2.06. The fraction of sp³-hybridized carbons (Fsp3) is 0.167. The van der Waals surface area contributed by atoms with Crippen molar-refractivity contribution in [2.75, 3.05) is 16.9 Å². The zero-order chi connectivity index (χ0) is 13.0. The molecule has 1 aromatic heterocycles. The van der Waals surface area contributed by atoms with Gasteiger partial charge in [-0.3, -0.25) is 0 Å². The van der Waals surface area contributed by atoms with Crippen molar-refractivity contribution in [2.45, 2.75) is 6.92 Å². The Hall–Kier alpha value is -2.21. The number of nitrogens with two attached hydrogens (primary N) is 1. The van der Waals surface area contributed by atoms with Crippen LogP contribution in [0, 0.1) is 5.82 Å². The number of anilines is 3. The standard InChI is InChI=1S/C12H14FN5/c1-2-18(10-5-3-9(13)4-6-10)12-7-11(17-14)15-8-16-12/h3-8H,2,14H2,1H3,(H,15,16,17). The second-order valence-corrected chi connectivity index (χ2v) is 3.63. The van der Waals surface area contributed by atoms with Gasteiger partial charge in [0.25, 0.3) is 0 Å². The smallest absolute Gasteiger partial charge is 0.145 e. The summed E-state index contributed by atoms with van der Waals surface area (Å²) in [6.07, 6.45) is 1.43. The van der Waals surface area contributed by atoms with E-state index in [1.54, 1.807) is 18.2 Å². The molecule has 2 aromatic rings. The normalized spacial score (nSPS) is 10.2. The van der Waals surface area contributed by atoms with E-state index in [0.717, 1.165) is 5.69 Å². The first-order chi connectivity index (χ1) is 8.74. The van der Waals surface area contributed by atoms with Gasteiger partial charge in [-0.2, -0.15) is 0 Å². The third-order valence-electron chi connectivity index (χ3n) is 2.53. The van der Waals surface area contributed by atoms with Crippen LogP contribution in [0.4, 0.5) is 21.7 Å². The number of hydrogen-bond acceptors (Lipinski definition) is 5. The maximum absolute atomic E-state index is 12.9. The quantitative estimate of drug-likeness (QED) is 0.639. The molecule has 1 aromatic carbocycles. The molecular weight excluding hydrogens is 233 g/mol. The highest BCUT2D eigenvalue weighted by Gasteiger charge is 2.09. The van der Waals surface area contributed by atoms with Crippen molar-refractivity contribution in [2.24, 2.45) is 5.84 Å². The van der Waals surface area contributed by atoms with Crippen molar-refractivity contribution in [1.29, 1.82) is 0 Å². The Bertz CT molecular complexity index is 514. The summed E-state index contributed by atoms with van der Waals surface area (Å²) in [5.41, 5.74) is 3.33. The molecule has 0 aliphatic heterocycles. The van der Waals surface area contributed by atoms with Crippen LogP contribution in [0.3, 0.4) is 0 Å². The van der Waals surface area contributed by atoms with E-state index in [1.165, 1.54) is 18.5 Å². The number of hydrazine groups is 1. The lowest BCUT2D eigenvalue weighted by molar-refractivity contribution is 0.628. The topological polar surface area (TPSA) is 67.1 Å². The number of aromatic nitrogens is 2. The molecule has 0 radical (unpaired) electrons. The number of nitrogens with one attached hydrogen (secondary N) is 1. The van der Waals surface area contributed by atoms with Gasteiger partial charge in [0.05, 0.1) is 0 Å². The Labute approximate surface area is 104 Å². The van der Waals surface area contributed by atoms with Crippen molar-refractivity contribution >= 4 is 17.3 Å².